The van der Waals surface area contributed by atoms with Crippen LogP contribution in [0.3, 0.4) is 0 Å². The molecule has 10 N–H and O–H groups in total. The smallest absolute Gasteiger partial charge is 0.326 e. The number of unbranched alkanes of at least 4 members (excludes halogenated alkanes) is 1. The average Bonchev–Trinajstić information content (AvgIpc) is 2.80. The second-order valence-corrected chi connectivity index (χ2v) is 7.76. The molecule has 0 saturated heterocycles. The van der Waals surface area contributed by atoms with Gasteiger partial charge >= 0.3 is 5.97 Å². The fourth-order valence-electron chi connectivity index (χ4n) is 3.16. The lowest BCUT2D eigenvalue weighted by Gasteiger charge is -2.24. The van der Waals surface area contributed by atoms with Gasteiger partial charge in [-0.25, -0.2) is 4.79 Å². The van der Waals surface area contributed by atoms with E-state index in [2.05, 4.69) is 16.0 Å². The molecule has 1 rings (SSSR count). The molecule has 0 radical (unpaired) electrons. The number of rotatable bonds is 16. The van der Waals surface area contributed by atoms with Gasteiger partial charge in [0.25, 0.3) is 0 Å². The molecule has 1 aromatic carbocycles. The van der Waals surface area contributed by atoms with Gasteiger partial charge in [0.1, 0.15) is 18.1 Å². The predicted octanol–water partition coefficient (Wildman–Crippen LogP) is -1.88. The molecule has 12 nitrogen and oxygen atoms in total. The molecule has 0 aliphatic rings. The number of primary amides is 1. The van der Waals surface area contributed by atoms with Crippen LogP contribution in [0.15, 0.2) is 30.3 Å². The Kier molecular flexibility index (Phi) is 12.9. The van der Waals surface area contributed by atoms with E-state index in [1.807, 2.05) is 0 Å². The van der Waals surface area contributed by atoms with Crippen LogP contribution in [0.4, 0.5) is 0 Å². The fraction of sp³-hybridized carbons (Fsp3) is 0.500. The zero-order valence-electron chi connectivity index (χ0n) is 19.0. The lowest BCUT2D eigenvalue weighted by atomic mass is 10.0. The number of hydrogen-bond acceptors (Lipinski definition) is 7. The highest BCUT2D eigenvalue weighted by atomic mass is 16.4. The highest BCUT2D eigenvalue weighted by Crippen LogP contribution is 2.07. The molecule has 3 unspecified atom stereocenters. The van der Waals surface area contributed by atoms with Gasteiger partial charge in [-0.2, -0.15) is 0 Å². The van der Waals surface area contributed by atoms with Crippen molar-refractivity contribution in [1.82, 2.24) is 16.0 Å². The minimum Gasteiger partial charge on any atom is -0.480 e. The quantitative estimate of drug-likeness (QED) is 0.133. The van der Waals surface area contributed by atoms with Crippen LogP contribution < -0.4 is 33.2 Å². The molecule has 0 fully saturated rings. The first-order chi connectivity index (χ1) is 16.2. The van der Waals surface area contributed by atoms with Crippen molar-refractivity contribution in [1.29, 1.82) is 0 Å². The average molecular weight is 479 g/mol. The van der Waals surface area contributed by atoms with Gasteiger partial charge < -0.3 is 38.3 Å². The number of aliphatic carboxylic acids is 1. The molecule has 0 spiro atoms. The van der Waals surface area contributed by atoms with Gasteiger partial charge in [-0.1, -0.05) is 30.3 Å². The van der Waals surface area contributed by atoms with E-state index in [1.54, 1.807) is 30.3 Å². The lowest BCUT2D eigenvalue weighted by Crippen LogP contribution is -2.57. The van der Waals surface area contributed by atoms with E-state index in [0.717, 1.165) is 5.56 Å². The minimum atomic E-state index is -1.20. The molecule has 0 aromatic heterocycles. The summed E-state index contributed by atoms with van der Waals surface area (Å²) < 4.78 is 0. The third-order valence-electron chi connectivity index (χ3n) is 4.99. The summed E-state index contributed by atoms with van der Waals surface area (Å²) in [4.78, 5) is 60.4. The van der Waals surface area contributed by atoms with E-state index in [1.165, 1.54) is 0 Å². The van der Waals surface area contributed by atoms with E-state index >= 15 is 0 Å². The van der Waals surface area contributed by atoms with Crippen LogP contribution in [-0.4, -0.2) is 65.9 Å². The number of benzene rings is 1. The molecule has 1 aromatic rings. The summed E-state index contributed by atoms with van der Waals surface area (Å²) >= 11 is 0. The van der Waals surface area contributed by atoms with Crippen LogP contribution in [0.1, 0.15) is 37.7 Å². The van der Waals surface area contributed by atoms with Crippen molar-refractivity contribution >= 4 is 29.6 Å². The van der Waals surface area contributed by atoms with Crippen molar-refractivity contribution in [2.24, 2.45) is 17.2 Å². The van der Waals surface area contributed by atoms with Crippen LogP contribution in [0.25, 0.3) is 0 Å². The number of hydrogen-bond donors (Lipinski definition) is 7. The van der Waals surface area contributed by atoms with Gasteiger partial charge in [-0.15, -0.1) is 0 Å². The number of carbonyl (C=O) groups is 5. The van der Waals surface area contributed by atoms with E-state index < -0.39 is 47.7 Å². The molecule has 0 heterocycles. The van der Waals surface area contributed by atoms with Gasteiger partial charge in [-0.3, -0.25) is 19.2 Å². The second kappa shape index (κ2) is 15.3. The predicted molar refractivity (Wildman–Crippen MR) is 124 cm³/mol. The zero-order valence-corrected chi connectivity index (χ0v) is 19.0. The highest BCUT2D eigenvalue weighted by molar-refractivity contribution is 5.94. The Morgan fingerprint density at radius 3 is 2.00 bits per heavy atom. The van der Waals surface area contributed by atoms with Crippen molar-refractivity contribution in [2.45, 2.75) is 56.7 Å². The zero-order chi connectivity index (χ0) is 25.5. The number of carboxylic acids is 1. The van der Waals surface area contributed by atoms with Crippen molar-refractivity contribution in [3.8, 4) is 0 Å². The number of carboxylic acid groups (broad SMARTS) is 1. The maximum absolute atomic E-state index is 13.0. The number of nitrogens with two attached hydrogens (primary N) is 3. The molecule has 0 aliphatic carbocycles. The molecule has 0 bridgehead atoms. The number of nitrogens with one attached hydrogen (secondary N) is 3. The molecular weight excluding hydrogens is 444 g/mol. The molecular formula is C22H34N6O6. The Balaban J connectivity index is 3.05. The molecule has 4 amide bonds. The van der Waals surface area contributed by atoms with Gasteiger partial charge in [-0.05, 0) is 37.8 Å². The van der Waals surface area contributed by atoms with Gasteiger partial charge in [0.2, 0.25) is 23.6 Å². The Hall–Kier alpha value is -3.51. The Morgan fingerprint density at radius 1 is 0.824 bits per heavy atom. The third kappa shape index (κ3) is 10.9. The summed E-state index contributed by atoms with van der Waals surface area (Å²) in [6, 6.07) is 5.36. The second-order valence-electron chi connectivity index (χ2n) is 7.76. The normalized spacial score (nSPS) is 13.2. The summed E-state index contributed by atoms with van der Waals surface area (Å²) in [6.07, 6.45) is 1.08. The third-order valence-corrected chi connectivity index (χ3v) is 4.99. The van der Waals surface area contributed by atoms with E-state index in [4.69, 9.17) is 17.2 Å². The summed E-state index contributed by atoms with van der Waals surface area (Å²) in [5, 5.41) is 16.9. The molecule has 12 heteroatoms. The summed E-state index contributed by atoms with van der Waals surface area (Å²) in [7, 11) is 0. The molecule has 34 heavy (non-hydrogen) atoms. The minimum absolute atomic E-state index is 0.0704. The number of amides is 4. The first-order valence-corrected chi connectivity index (χ1v) is 11.0. The first-order valence-electron chi connectivity index (χ1n) is 11.0. The van der Waals surface area contributed by atoms with Crippen LogP contribution in [0.2, 0.25) is 0 Å². The Labute approximate surface area is 198 Å². The topological polar surface area (TPSA) is 220 Å². The lowest BCUT2D eigenvalue weighted by molar-refractivity contribution is -0.142. The van der Waals surface area contributed by atoms with Gasteiger partial charge in [0.15, 0.2) is 0 Å². The van der Waals surface area contributed by atoms with Crippen molar-refractivity contribution < 1.29 is 29.1 Å². The first kappa shape index (κ1) is 28.5. The largest absolute Gasteiger partial charge is 0.480 e. The monoisotopic (exact) mass is 478 g/mol. The molecule has 0 saturated carbocycles. The van der Waals surface area contributed by atoms with Crippen molar-refractivity contribution in [3.05, 3.63) is 35.9 Å². The Bertz CT molecular complexity index is 834. The van der Waals surface area contributed by atoms with Crippen LogP contribution in [0, 0.1) is 0 Å². The summed E-state index contributed by atoms with van der Waals surface area (Å²) in [5.41, 5.74) is 16.6. The molecule has 3 atom stereocenters. The summed E-state index contributed by atoms with van der Waals surface area (Å²) in [6.45, 7) is 0.0194. The fourth-order valence-corrected chi connectivity index (χ4v) is 3.16. The van der Waals surface area contributed by atoms with Crippen molar-refractivity contribution in [2.75, 3.05) is 13.1 Å². The van der Waals surface area contributed by atoms with Crippen LogP contribution in [-0.2, 0) is 30.4 Å². The SMILES string of the molecule is NCCCCC(NC(=O)C(Cc1ccccc1)NC(=O)C(CCC(N)=O)NC(=O)CN)C(=O)O. The van der Waals surface area contributed by atoms with Gasteiger partial charge in [0.05, 0.1) is 6.54 Å². The van der Waals surface area contributed by atoms with Crippen molar-refractivity contribution in [3.63, 3.8) is 0 Å². The van der Waals surface area contributed by atoms with Gasteiger partial charge in [0, 0.05) is 12.8 Å². The highest BCUT2D eigenvalue weighted by Gasteiger charge is 2.29. The van der Waals surface area contributed by atoms with Crippen LogP contribution >= 0.6 is 0 Å². The maximum Gasteiger partial charge on any atom is 0.326 e. The standard InChI is InChI=1S/C22H34N6O6/c23-11-5-4-8-16(22(33)34)27-21(32)17(12-14-6-2-1-3-7-14)28-20(31)15(9-10-18(25)29)26-19(30)13-24/h1-3,6-7,15-17H,4-5,8-13,23-24H2,(H2,25,29)(H,26,30)(H,27,32)(H,28,31)(H,33,34). The number of carbonyl (C=O) groups excluding carboxylic acids is 4. The Morgan fingerprint density at radius 2 is 1.44 bits per heavy atom. The van der Waals surface area contributed by atoms with E-state index in [-0.39, 0.29) is 32.2 Å². The molecule has 188 valence electrons. The summed E-state index contributed by atoms with van der Waals surface area (Å²) in [5.74, 6) is -3.92. The van der Waals surface area contributed by atoms with E-state index in [9.17, 15) is 29.1 Å². The van der Waals surface area contributed by atoms with Crippen LogP contribution in [0.5, 0.6) is 0 Å². The maximum atomic E-state index is 13.0. The molecule has 0 aliphatic heterocycles. The van der Waals surface area contributed by atoms with E-state index in [0.29, 0.717) is 19.4 Å².